The molecule has 1 heterocycles. The maximum Gasteiger partial charge on any atom is 0.274 e. The molecule has 0 aliphatic heterocycles. The number of carbonyl (C=O) groups excluding carboxylic acids is 1. The highest BCUT2D eigenvalue weighted by Crippen LogP contribution is 2.21. The summed E-state index contributed by atoms with van der Waals surface area (Å²) in [5.74, 6) is 0.365. The predicted molar refractivity (Wildman–Crippen MR) is 48.7 cm³/mol. The van der Waals surface area contributed by atoms with Crippen LogP contribution < -0.4 is 4.74 Å². The van der Waals surface area contributed by atoms with Crippen LogP contribution in [0.1, 0.15) is 10.5 Å². The van der Waals surface area contributed by atoms with Crippen LogP contribution in [-0.4, -0.2) is 17.3 Å². The Morgan fingerprint density at radius 2 is 2.42 bits per heavy atom. The lowest BCUT2D eigenvalue weighted by atomic mass is 10.3. The Morgan fingerprint density at radius 3 is 2.92 bits per heavy atom. The maximum absolute atomic E-state index is 10.7. The molecule has 0 amide bonds. The smallest absolute Gasteiger partial charge is 0.274 e. The molecule has 0 saturated carbocycles. The van der Waals surface area contributed by atoms with Crippen molar-refractivity contribution in [1.29, 1.82) is 0 Å². The molecule has 5 heteroatoms. The number of carbonyl (C=O) groups is 1. The first-order valence-electron chi connectivity index (χ1n) is 3.04. The normalized spacial score (nSPS) is 9.58. The number of pyridine rings is 1. The van der Waals surface area contributed by atoms with Gasteiger partial charge in [0.25, 0.3) is 5.24 Å². The van der Waals surface area contributed by atoms with Crippen LogP contribution in [0, 0.1) is 0 Å². The number of nitrogens with zero attached hydrogens (tertiary/aromatic N) is 1. The molecule has 0 spiro atoms. The van der Waals surface area contributed by atoms with Gasteiger partial charge in [-0.2, -0.15) is 0 Å². The van der Waals surface area contributed by atoms with Gasteiger partial charge in [-0.3, -0.25) is 4.79 Å². The molecule has 1 aromatic rings. The van der Waals surface area contributed by atoms with Gasteiger partial charge in [0.1, 0.15) is 0 Å². The standard InChI is InChI=1S/C7H5BrClNO2/c1-12-5-2-4(8)3-10-6(5)7(9)11/h2-3H,1H3. The molecule has 0 saturated heterocycles. The summed E-state index contributed by atoms with van der Waals surface area (Å²) >= 11 is 8.43. The van der Waals surface area contributed by atoms with Gasteiger partial charge in [-0.25, -0.2) is 4.98 Å². The summed E-state index contributed by atoms with van der Waals surface area (Å²) in [6, 6.07) is 1.63. The van der Waals surface area contributed by atoms with Gasteiger partial charge in [0.2, 0.25) is 0 Å². The molecule has 0 aliphatic rings. The number of aromatic nitrogens is 1. The van der Waals surface area contributed by atoms with Gasteiger partial charge in [0, 0.05) is 10.7 Å². The van der Waals surface area contributed by atoms with Gasteiger partial charge >= 0.3 is 0 Å². The molecule has 1 rings (SSSR count). The number of rotatable bonds is 2. The Balaban J connectivity index is 3.20. The van der Waals surface area contributed by atoms with Gasteiger partial charge in [-0.1, -0.05) is 0 Å². The Bertz CT molecular complexity index is 316. The molecular weight excluding hydrogens is 245 g/mol. The second kappa shape index (κ2) is 3.87. The minimum atomic E-state index is -0.626. The van der Waals surface area contributed by atoms with Crippen LogP contribution in [0.2, 0.25) is 0 Å². The summed E-state index contributed by atoms with van der Waals surface area (Å²) in [5, 5.41) is -0.626. The number of hydrogen-bond acceptors (Lipinski definition) is 3. The van der Waals surface area contributed by atoms with Gasteiger partial charge < -0.3 is 4.74 Å². The lowest BCUT2D eigenvalue weighted by Crippen LogP contribution is -1.98. The van der Waals surface area contributed by atoms with Crippen molar-refractivity contribution in [2.24, 2.45) is 0 Å². The molecule has 0 aromatic carbocycles. The van der Waals surface area contributed by atoms with Crippen LogP contribution in [-0.2, 0) is 0 Å². The minimum absolute atomic E-state index is 0.127. The molecular formula is C7H5BrClNO2. The average molecular weight is 250 g/mol. The highest BCUT2D eigenvalue weighted by atomic mass is 79.9. The van der Waals surface area contributed by atoms with E-state index in [1.54, 1.807) is 6.07 Å². The van der Waals surface area contributed by atoms with Crippen LogP contribution in [0.5, 0.6) is 5.75 Å². The Hall–Kier alpha value is -0.610. The molecule has 0 N–H and O–H groups in total. The van der Waals surface area contributed by atoms with Crippen molar-refractivity contribution in [1.82, 2.24) is 4.98 Å². The Labute approximate surface area is 82.8 Å². The summed E-state index contributed by atoms with van der Waals surface area (Å²) < 4.78 is 5.63. The van der Waals surface area contributed by atoms with Crippen LogP contribution in [0.25, 0.3) is 0 Å². The topological polar surface area (TPSA) is 39.2 Å². The molecule has 0 radical (unpaired) electrons. The summed E-state index contributed by atoms with van der Waals surface area (Å²) in [5.41, 5.74) is 0.127. The van der Waals surface area contributed by atoms with Crippen LogP contribution in [0.15, 0.2) is 16.7 Å². The third kappa shape index (κ3) is 1.95. The quantitative estimate of drug-likeness (QED) is 0.756. The summed E-state index contributed by atoms with van der Waals surface area (Å²) in [7, 11) is 1.45. The lowest BCUT2D eigenvalue weighted by Gasteiger charge is -2.02. The first-order valence-corrected chi connectivity index (χ1v) is 4.21. The second-order valence-electron chi connectivity index (χ2n) is 1.98. The third-order valence-corrected chi connectivity index (χ3v) is 1.84. The minimum Gasteiger partial charge on any atom is -0.494 e. The highest BCUT2D eigenvalue weighted by molar-refractivity contribution is 9.10. The van der Waals surface area contributed by atoms with E-state index >= 15 is 0 Å². The van der Waals surface area contributed by atoms with E-state index in [4.69, 9.17) is 16.3 Å². The first-order chi connectivity index (χ1) is 5.65. The van der Waals surface area contributed by atoms with E-state index in [0.717, 1.165) is 4.47 Å². The van der Waals surface area contributed by atoms with Crippen molar-refractivity contribution in [3.63, 3.8) is 0 Å². The van der Waals surface area contributed by atoms with E-state index in [1.807, 2.05) is 0 Å². The molecule has 3 nitrogen and oxygen atoms in total. The first kappa shape index (κ1) is 9.48. The van der Waals surface area contributed by atoms with Crippen molar-refractivity contribution in [2.75, 3.05) is 7.11 Å². The maximum atomic E-state index is 10.7. The zero-order valence-corrected chi connectivity index (χ0v) is 8.52. The van der Waals surface area contributed by atoms with Crippen molar-refractivity contribution in [3.05, 3.63) is 22.4 Å². The van der Waals surface area contributed by atoms with Gasteiger partial charge in [-0.15, -0.1) is 0 Å². The monoisotopic (exact) mass is 249 g/mol. The highest BCUT2D eigenvalue weighted by Gasteiger charge is 2.11. The zero-order valence-electron chi connectivity index (χ0n) is 6.17. The number of hydrogen-bond donors (Lipinski definition) is 0. The fraction of sp³-hybridized carbons (Fsp3) is 0.143. The van der Waals surface area contributed by atoms with Crippen LogP contribution >= 0.6 is 27.5 Å². The van der Waals surface area contributed by atoms with Crippen molar-refractivity contribution < 1.29 is 9.53 Å². The van der Waals surface area contributed by atoms with E-state index in [1.165, 1.54) is 13.3 Å². The van der Waals surface area contributed by atoms with Crippen LogP contribution in [0.4, 0.5) is 0 Å². The molecule has 1 aromatic heterocycles. The van der Waals surface area contributed by atoms with E-state index in [2.05, 4.69) is 20.9 Å². The summed E-state index contributed by atoms with van der Waals surface area (Å²) in [6.07, 6.45) is 1.48. The molecule has 0 bridgehead atoms. The summed E-state index contributed by atoms with van der Waals surface area (Å²) in [6.45, 7) is 0. The van der Waals surface area contributed by atoms with Gasteiger partial charge in [0.15, 0.2) is 11.4 Å². The molecule has 0 unspecified atom stereocenters. The number of halogens is 2. The number of methoxy groups -OCH3 is 1. The van der Waals surface area contributed by atoms with E-state index in [9.17, 15) is 4.79 Å². The molecule has 12 heavy (non-hydrogen) atoms. The number of ether oxygens (including phenoxy) is 1. The van der Waals surface area contributed by atoms with Crippen molar-refractivity contribution in [2.45, 2.75) is 0 Å². The van der Waals surface area contributed by atoms with Crippen molar-refractivity contribution in [3.8, 4) is 5.75 Å². The zero-order chi connectivity index (χ0) is 9.14. The third-order valence-electron chi connectivity index (χ3n) is 1.23. The SMILES string of the molecule is COc1cc(Br)cnc1C(=O)Cl. The van der Waals surface area contributed by atoms with Gasteiger partial charge in [-0.05, 0) is 33.6 Å². The van der Waals surface area contributed by atoms with Crippen molar-refractivity contribution >= 4 is 32.8 Å². The largest absolute Gasteiger partial charge is 0.494 e. The fourth-order valence-corrected chi connectivity index (χ4v) is 1.18. The summed E-state index contributed by atoms with van der Waals surface area (Å²) in [4.78, 5) is 14.5. The predicted octanol–water partition coefficient (Wildman–Crippen LogP) is 2.23. The molecule has 0 fully saturated rings. The van der Waals surface area contributed by atoms with E-state index in [-0.39, 0.29) is 5.69 Å². The lowest BCUT2D eigenvalue weighted by molar-refractivity contribution is 0.107. The van der Waals surface area contributed by atoms with E-state index in [0.29, 0.717) is 5.75 Å². The Morgan fingerprint density at radius 1 is 1.75 bits per heavy atom. The fourth-order valence-electron chi connectivity index (χ4n) is 0.724. The van der Waals surface area contributed by atoms with E-state index < -0.39 is 5.24 Å². The van der Waals surface area contributed by atoms with Crippen LogP contribution in [0.3, 0.4) is 0 Å². The molecule has 0 aliphatic carbocycles. The average Bonchev–Trinajstić information content (AvgIpc) is 2.03. The second-order valence-corrected chi connectivity index (χ2v) is 3.24. The molecule has 64 valence electrons. The molecule has 0 atom stereocenters. The van der Waals surface area contributed by atoms with Gasteiger partial charge in [0.05, 0.1) is 7.11 Å². The Kier molecular flexibility index (Phi) is 3.05.